The SMILES string of the molecule is CO[C@H]1/C=C/O[C@@]2(C)Oc3c(C)c(O)c4c(=O)c(c5oc6cc(OCCN(C)c7ccccn7)cc(=O)c6nc5c4c3=C2O)NC(=O)/C(C)=C\C=C\[C@H](C)[C@@H]2O[C@H]([C@H](O)[C@@H]2C)[C@H](OC(C)=O)[C@@H]1C. The number of pyridine rings is 1. The number of fused-ring (bicyclic) bond motifs is 9. The third-order valence-electron chi connectivity index (χ3n) is 13.0. The molecule has 68 heavy (non-hydrogen) atoms. The molecule has 7 bridgehead atoms. The summed E-state index contributed by atoms with van der Waals surface area (Å²) in [5, 5.41) is 37.6. The second-order valence-electron chi connectivity index (χ2n) is 17.7. The van der Waals surface area contributed by atoms with E-state index in [4.69, 9.17) is 37.8 Å². The van der Waals surface area contributed by atoms with Crippen LogP contribution in [0.25, 0.3) is 38.7 Å². The molecule has 9 rings (SSSR count). The van der Waals surface area contributed by atoms with Crippen molar-refractivity contribution in [2.45, 2.75) is 84.8 Å². The zero-order valence-corrected chi connectivity index (χ0v) is 39.1. The molecule has 1 saturated heterocycles. The summed E-state index contributed by atoms with van der Waals surface area (Å²) in [4.78, 5) is 66.2. The number of aromatic hydroxyl groups is 1. The Hall–Kier alpha value is -7.02. The standard InChI is InChI=1S/C50H54N4O14/c1-23-13-12-14-24(2)49(61)53-39-42(59)35-34(38-46(39)66-32-22-29(21-30(56)37(32)52-38)63-20-18-54(8)33-15-10-11-17-51-33)36-44(26(4)40(35)57)68-50(7,48(36)60)64-19-16-31(62-9)25(3)45(65-28(6)55)47-41(58)27(5)43(23)67-47/h10-17,19,21-23,25,27,31,41,43,45,47,57-58,60H,18,20H2,1-9H3,(H,53,61)/b13-12+,19-16+,24-14-/t23-,25+,27-,31-,41+,43-,45+,47+,50-/m0/s1. The number of hydrogen-bond donors (Lipinski definition) is 4. The van der Waals surface area contributed by atoms with Crippen LogP contribution in [0.15, 0.2) is 86.7 Å². The Morgan fingerprint density at radius 1 is 1.01 bits per heavy atom. The van der Waals surface area contributed by atoms with Crippen LogP contribution in [-0.2, 0) is 28.5 Å². The molecule has 2 aromatic heterocycles. The van der Waals surface area contributed by atoms with Gasteiger partial charge < -0.3 is 58.4 Å². The van der Waals surface area contributed by atoms with Crippen molar-refractivity contribution in [3.63, 3.8) is 0 Å². The molecule has 1 fully saturated rings. The van der Waals surface area contributed by atoms with Gasteiger partial charge in [-0.1, -0.05) is 45.1 Å². The fourth-order valence-corrected chi connectivity index (χ4v) is 9.12. The Balaban J connectivity index is 1.31. The summed E-state index contributed by atoms with van der Waals surface area (Å²) in [6.07, 6.45) is 5.10. The van der Waals surface area contributed by atoms with Gasteiger partial charge in [-0.3, -0.25) is 19.2 Å². The third kappa shape index (κ3) is 8.47. The van der Waals surface area contributed by atoms with Crippen molar-refractivity contribution in [3.05, 3.63) is 104 Å². The molecule has 1 amide bonds. The molecule has 0 radical (unpaired) electrons. The maximum atomic E-state index is 14.8. The second-order valence-corrected chi connectivity index (χ2v) is 17.7. The van der Waals surface area contributed by atoms with Crippen molar-refractivity contribution in [1.82, 2.24) is 9.97 Å². The van der Waals surface area contributed by atoms with E-state index in [2.05, 4.69) is 10.3 Å². The number of rotatable bonds is 7. The zero-order chi connectivity index (χ0) is 48.9. The minimum Gasteiger partial charge on any atom is -0.507 e. The molecule has 5 aromatic rings. The van der Waals surface area contributed by atoms with Gasteiger partial charge in [-0.05, 0) is 32.1 Å². The molecule has 18 heteroatoms. The monoisotopic (exact) mass is 934 g/mol. The molecule has 3 aromatic carbocycles. The molecule has 0 saturated carbocycles. The van der Waals surface area contributed by atoms with E-state index in [-0.39, 0.29) is 73.4 Å². The smallest absolute Gasteiger partial charge is 0.307 e. The van der Waals surface area contributed by atoms with Crippen LogP contribution >= 0.6 is 0 Å². The number of amides is 1. The maximum Gasteiger partial charge on any atom is 0.307 e. The van der Waals surface area contributed by atoms with Crippen molar-refractivity contribution in [2.75, 3.05) is 37.5 Å². The summed E-state index contributed by atoms with van der Waals surface area (Å²) in [5.74, 6) is -4.94. The van der Waals surface area contributed by atoms with E-state index in [1.54, 1.807) is 25.3 Å². The number of aliphatic hydroxyl groups is 2. The number of methoxy groups -OCH3 is 1. The van der Waals surface area contributed by atoms with Gasteiger partial charge >= 0.3 is 11.8 Å². The molecule has 0 aliphatic carbocycles. The van der Waals surface area contributed by atoms with Gasteiger partial charge in [-0.25, -0.2) is 9.97 Å². The van der Waals surface area contributed by atoms with Crippen molar-refractivity contribution in [1.29, 1.82) is 0 Å². The predicted octanol–water partition coefficient (Wildman–Crippen LogP) is 5.24. The third-order valence-corrected chi connectivity index (χ3v) is 13.0. The lowest BCUT2D eigenvalue weighted by Crippen LogP contribution is -2.46. The average Bonchev–Trinajstić information content (AvgIpc) is 3.75. The predicted molar refractivity (Wildman–Crippen MR) is 252 cm³/mol. The van der Waals surface area contributed by atoms with E-state index in [0.29, 0.717) is 6.54 Å². The number of phenols is 1. The van der Waals surface area contributed by atoms with Crippen molar-refractivity contribution in [2.24, 2.45) is 17.8 Å². The van der Waals surface area contributed by atoms with Gasteiger partial charge in [0.25, 0.3) is 5.91 Å². The minimum atomic E-state index is -1.99. The largest absolute Gasteiger partial charge is 0.507 e. The first-order chi connectivity index (χ1) is 32.3. The number of carbonyl (C=O) groups excluding carboxylic acids is 2. The number of benzene rings is 3. The van der Waals surface area contributed by atoms with Crippen molar-refractivity contribution >= 4 is 62.1 Å². The maximum absolute atomic E-state index is 14.8. The summed E-state index contributed by atoms with van der Waals surface area (Å²) in [6.45, 7) is 11.7. The Labute approximate surface area is 390 Å². The first kappa shape index (κ1) is 47.5. The fraction of sp³-hybridized carbons (Fsp3) is 0.400. The fourth-order valence-electron chi connectivity index (χ4n) is 9.12. The second kappa shape index (κ2) is 18.6. The summed E-state index contributed by atoms with van der Waals surface area (Å²) in [6, 6.07) is 8.20. The number of esters is 1. The van der Waals surface area contributed by atoms with E-state index in [9.17, 15) is 34.5 Å². The molecule has 9 atom stereocenters. The van der Waals surface area contributed by atoms with Crippen LogP contribution < -0.4 is 35.8 Å². The van der Waals surface area contributed by atoms with Gasteiger partial charge in [0.05, 0.1) is 41.7 Å². The molecule has 18 nitrogen and oxygen atoms in total. The van der Waals surface area contributed by atoms with Gasteiger partial charge in [-0.15, -0.1) is 0 Å². The van der Waals surface area contributed by atoms with Crippen LogP contribution in [0.1, 0.15) is 47.1 Å². The molecule has 4 N–H and O–H groups in total. The number of ether oxygens (including phenoxy) is 6. The average molecular weight is 935 g/mol. The van der Waals surface area contributed by atoms with Crippen LogP contribution in [0.3, 0.4) is 0 Å². The number of aliphatic hydroxyl groups excluding tert-OH is 2. The number of nitrogens with zero attached hydrogens (tertiary/aromatic N) is 3. The number of nitrogens with one attached hydrogen (secondary N) is 1. The highest BCUT2D eigenvalue weighted by atomic mass is 16.7. The molecular formula is C50H54N4O14. The van der Waals surface area contributed by atoms with E-state index >= 15 is 0 Å². The quantitative estimate of drug-likeness (QED) is 0.0927. The highest BCUT2D eigenvalue weighted by Gasteiger charge is 2.50. The lowest BCUT2D eigenvalue weighted by molar-refractivity contribution is -0.168. The highest BCUT2D eigenvalue weighted by Crippen LogP contribution is 2.43. The van der Waals surface area contributed by atoms with Gasteiger partial charge in [0.1, 0.15) is 53.1 Å². The summed E-state index contributed by atoms with van der Waals surface area (Å²) in [7, 11) is 3.29. The van der Waals surface area contributed by atoms with Crippen LogP contribution in [0.2, 0.25) is 0 Å². The Morgan fingerprint density at radius 2 is 1.78 bits per heavy atom. The Bertz CT molecular complexity index is 3100. The lowest BCUT2D eigenvalue weighted by Gasteiger charge is -2.33. The summed E-state index contributed by atoms with van der Waals surface area (Å²) >= 11 is 0. The van der Waals surface area contributed by atoms with Gasteiger partial charge in [-0.2, -0.15) is 0 Å². The number of allylic oxidation sites excluding steroid dienone is 2. The van der Waals surface area contributed by atoms with Crippen LogP contribution in [0, 0.1) is 24.7 Å². The van der Waals surface area contributed by atoms with Crippen LogP contribution in [-0.4, -0.2) is 101 Å². The molecular weight excluding hydrogens is 881 g/mol. The molecule has 358 valence electrons. The van der Waals surface area contributed by atoms with Gasteiger partial charge in [0.2, 0.25) is 10.9 Å². The molecule has 4 aliphatic heterocycles. The highest BCUT2D eigenvalue weighted by molar-refractivity contribution is 6.16. The summed E-state index contributed by atoms with van der Waals surface area (Å²) in [5.41, 5.74) is -2.42. The van der Waals surface area contributed by atoms with E-state index in [1.165, 1.54) is 65.4 Å². The first-order valence-corrected chi connectivity index (χ1v) is 22.2. The van der Waals surface area contributed by atoms with Crippen LogP contribution in [0.4, 0.5) is 11.5 Å². The van der Waals surface area contributed by atoms with Crippen molar-refractivity contribution in [3.8, 4) is 17.2 Å². The minimum absolute atomic E-state index is 0.0434. The Morgan fingerprint density at radius 3 is 2.49 bits per heavy atom. The molecule has 6 heterocycles. The van der Waals surface area contributed by atoms with E-state index in [1.807, 2.05) is 44.0 Å². The van der Waals surface area contributed by atoms with E-state index < -0.39 is 88.1 Å². The number of carbonyl (C=O) groups is 2. The van der Waals surface area contributed by atoms with Crippen molar-refractivity contribution < 1.29 is 57.7 Å². The number of anilines is 2. The number of phenolic OH excluding ortho intramolecular Hbond substituents is 1. The Kier molecular flexibility index (Phi) is 13.0. The van der Waals surface area contributed by atoms with Gasteiger partial charge in [0, 0.05) is 80.6 Å². The lowest BCUT2D eigenvalue weighted by atomic mass is 9.86. The van der Waals surface area contributed by atoms with Gasteiger partial charge in [0.15, 0.2) is 22.4 Å². The van der Waals surface area contributed by atoms with Crippen LogP contribution in [0.5, 0.6) is 17.2 Å². The summed E-state index contributed by atoms with van der Waals surface area (Å²) < 4.78 is 42.9. The normalized spacial score (nSPS) is 28.0. The molecule has 0 unspecified atom stereocenters. The number of likely N-dealkylation sites (N-methyl/N-ethyl adjacent to an activating group) is 1. The molecule has 4 aliphatic rings. The number of aromatic nitrogens is 2. The topological polar surface area (TPSA) is 239 Å². The van der Waals surface area contributed by atoms with E-state index in [0.717, 1.165) is 5.82 Å². The molecule has 0 spiro atoms. The first-order valence-electron chi connectivity index (χ1n) is 22.2. The zero-order valence-electron chi connectivity index (χ0n) is 39.1. The number of hydrogen-bond acceptors (Lipinski definition) is 17.